The molecule has 5 heteroatoms. The molecule has 2 N–H and O–H groups in total. The van der Waals surface area contributed by atoms with Gasteiger partial charge in [0.2, 0.25) is 0 Å². The fourth-order valence-corrected chi connectivity index (χ4v) is 1.85. The van der Waals surface area contributed by atoms with E-state index in [0.717, 1.165) is 13.1 Å². The fourth-order valence-electron chi connectivity index (χ4n) is 1.85. The highest BCUT2D eigenvalue weighted by molar-refractivity contribution is 5.67. The first-order valence-corrected chi connectivity index (χ1v) is 6.21. The Labute approximate surface area is 103 Å². The molecule has 0 bridgehead atoms. The summed E-state index contributed by atoms with van der Waals surface area (Å²) in [5, 5.41) is 6.05. The Kier molecular flexibility index (Phi) is 5.21. The van der Waals surface area contributed by atoms with Gasteiger partial charge in [0.05, 0.1) is 6.10 Å². The van der Waals surface area contributed by atoms with E-state index >= 15 is 0 Å². The lowest BCUT2D eigenvalue weighted by Crippen LogP contribution is -2.38. The summed E-state index contributed by atoms with van der Waals surface area (Å²) in [7, 11) is 0. The molecule has 0 aromatic carbocycles. The molecule has 1 aliphatic heterocycles. The second-order valence-corrected chi connectivity index (χ2v) is 5.29. The average molecular weight is 244 g/mol. The molecule has 0 aromatic heterocycles. The van der Waals surface area contributed by atoms with E-state index in [1.807, 2.05) is 27.7 Å². The lowest BCUT2D eigenvalue weighted by atomic mass is 10.1. The van der Waals surface area contributed by atoms with Crippen LogP contribution in [0.15, 0.2) is 0 Å². The number of nitrogens with one attached hydrogen (secondary N) is 2. The van der Waals surface area contributed by atoms with Gasteiger partial charge in [-0.05, 0) is 27.7 Å². The van der Waals surface area contributed by atoms with Crippen LogP contribution in [0.3, 0.4) is 0 Å². The molecule has 0 spiro atoms. The molecule has 1 amide bonds. The summed E-state index contributed by atoms with van der Waals surface area (Å²) in [5.74, 6) is 0.322. The lowest BCUT2D eigenvalue weighted by molar-refractivity contribution is 0.0379. The zero-order valence-corrected chi connectivity index (χ0v) is 11.2. The summed E-state index contributed by atoms with van der Waals surface area (Å²) in [4.78, 5) is 11.5. The third kappa shape index (κ3) is 5.37. The quantitative estimate of drug-likeness (QED) is 0.778. The topological polar surface area (TPSA) is 59.6 Å². The lowest BCUT2D eigenvalue weighted by Gasteiger charge is -2.22. The van der Waals surface area contributed by atoms with Gasteiger partial charge in [0, 0.05) is 32.2 Å². The highest BCUT2D eigenvalue weighted by Crippen LogP contribution is 2.12. The van der Waals surface area contributed by atoms with E-state index in [4.69, 9.17) is 9.47 Å². The van der Waals surface area contributed by atoms with Crippen LogP contribution in [-0.2, 0) is 9.47 Å². The van der Waals surface area contributed by atoms with Gasteiger partial charge in [-0.25, -0.2) is 4.79 Å². The maximum absolute atomic E-state index is 11.5. The maximum Gasteiger partial charge on any atom is 0.407 e. The highest BCUT2D eigenvalue weighted by atomic mass is 16.6. The molecule has 0 radical (unpaired) electrons. The van der Waals surface area contributed by atoms with Crippen LogP contribution in [0.4, 0.5) is 4.79 Å². The summed E-state index contributed by atoms with van der Waals surface area (Å²) >= 11 is 0. The zero-order chi connectivity index (χ0) is 12.9. The number of ether oxygens (including phenoxy) is 2. The summed E-state index contributed by atoms with van der Waals surface area (Å²) in [5.41, 5.74) is -0.447. The van der Waals surface area contributed by atoms with Gasteiger partial charge in [0.15, 0.2) is 0 Å². The molecule has 0 aromatic rings. The minimum atomic E-state index is -0.447. The Balaban J connectivity index is 2.27. The second kappa shape index (κ2) is 6.21. The Morgan fingerprint density at radius 2 is 2.12 bits per heavy atom. The molecule has 0 aliphatic carbocycles. The standard InChI is InChI=1S/C12H24N2O3/c1-5-16-10-8-13-6-9(10)7-14-11(15)17-12(2,3)4/h9-10,13H,5-8H2,1-4H3,(H,14,15)/t9-,10+/m0/s1. The molecule has 1 saturated heterocycles. The van der Waals surface area contributed by atoms with Gasteiger partial charge in [-0.2, -0.15) is 0 Å². The largest absolute Gasteiger partial charge is 0.444 e. The Morgan fingerprint density at radius 3 is 2.71 bits per heavy atom. The van der Waals surface area contributed by atoms with Crippen molar-refractivity contribution in [3.05, 3.63) is 0 Å². The van der Waals surface area contributed by atoms with Crippen LogP contribution in [0.5, 0.6) is 0 Å². The fraction of sp³-hybridized carbons (Fsp3) is 0.917. The van der Waals surface area contributed by atoms with Crippen LogP contribution >= 0.6 is 0 Å². The average Bonchev–Trinajstić information content (AvgIpc) is 2.60. The first-order valence-electron chi connectivity index (χ1n) is 6.21. The third-order valence-corrected chi connectivity index (χ3v) is 2.57. The number of hydrogen-bond donors (Lipinski definition) is 2. The molecule has 100 valence electrons. The van der Waals surface area contributed by atoms with Gasteiger partial charge in [-0.1, -0.05) is 0 Å². The number of rotatable bonds is 4. The maximum atomic E-state index is 11.5. The van der Waals surface area contributed by atoms with Crippen LogP contribution in [0.1, 0.15) is 27.7 Å². The third-order valence-electron chi connectivity index (χ3n) is 2.57. The highest BCUT2D eigenvalue weighted by Gasteiger charge is 2.28. The zero-order valence-electron chi connectivity index (χ0n) is 11.2. The Hall–Kier alpha value is -0.810. The molecule has 1 rings (SSSR count). The molecular formula is C12H24N2O3. The van der Waals surface area contributed by atoms with Crippen LogP contribution in [-0.4, -0.2) is 44.0 Å². The van der Waals surface area contributed by atoms with Gasteiger partial charge < -0.3 is 20.1 Å². The number of carbonyl (C=O) groups is 1. The Morgan fingerprint density at radius 1 is 1.41 bits per heavy atom. The number of hydrogen-bond acceptors (Lipinski definition) is 4. The van der Waals surface area contributed by atoms with Crippen molar-refractivity contribution in [3.63, 3.8) is 0 Å². The van der Waals surface area contributed by atoms with Gasteiger partial charge >= 0.3 is 6.09 Å². The van der Waals surface area contributed by atoms with Crippen LogP contribution in [0.2, 0.25) is 0 Å². The molecular weight excluding hydrogens is 220 g/mol. The molecule has 2 atom stereocenters. The monoisotopic (exact) mass is 244 g/mol. The minimum Gasteiger partial charge on any atom is -0.444 e. The Bertz CT molecular complexity index is 251. The number of alkyl carbamates (subject to hydrolysis) is 1. The minimum absolute atomic E-state index is 0.190. The van der Waals surface area contributed by atoms with E-state index in [0.29, 0.717) is 19.1 Å². The molecule has 1 heterocycles. The molecule has 1 aliphatic rings. The van der Waals surface area contributed by atoms with Crippen molar-refractivity contribution >= 4 is 6.09 Å². The predicted molar refractivity (Wildman–Crippen MR) is 66.0 cm³/mol. The van der Waals surface area contributed by atoms with Crippen LogP contribution in [0.25, 0.3) is 0 Å². The van der Waals surface area contributed by atoms with Crippen molar-refractivity contribution < 1.29 is 14.3 Å². The van der Waals surface area contributed by atoms with E-state index in [1.54, 1.807) is 0 Å². The van der Waals surface area contributed by atoms with Gasteiger partial charge in [0.25, 0.3) is 0 Å². The normalized spacial score (nSPS) is 24.7. The first kappa shape index (κ1) is 14.3. The predicted octanol–water partition coefficient (Wildman–Crippen LogP) is 1.14. The number of carbonyl (C=O) groups excluding carboxylic acids is 1. The summed E-state index contributed by atoms with van der Waals surface area (Å²) < 4.78 is 10.8. The molecule has 0 saturated carbocycles. The van der Waals surface area contributed by atoms with E-state index in [-0.39, 0.29) is 12.2 Å². The molecule has 5 nitrogen and oxygen atoms in total. The van der Waals surface area contributed by atoms with Crippen molar-refractivity contribution in [3.8, 4) is 0 Å². The van der Waals surface area contributed by atoms with Crippen molar-refractivity contribution in [2.75, 3.05) is 26.2 Å². The van der Waals surface area contributed by atoms with E-state index in [2.05, 4.69) is 10.6 Å². The molecule has 1 fully saturated rings. The van der Waals surface area contributed by atoms with Gasteiger partial charge in [0.1, 0.15) is 5.60 Å². The van der Waals surface area contributed by atoms with E-state index in [1.165, 1.54) is 0 Å². The van der Waals surface area contributed by atoms with Crippen LogP contribution in [0, 0.1) is 5.92 Å². The molecule has 17 heavy (non-hydrogen) atoms. The van der Waals surface area contributed by atoms with E-state index in [9.17, 15) is 4.79 Å². The summed E-state index contributed by atoms with van der Waals surface area (Å²) in [6.45, 7) is 10.6. The summed E-state index contributed by atoms with van der Waals surface area (Å²) in [6, 6.07) is 0. The van der Waals surface area contributed by atoms with Crippen molar-refractivity contribution in [2.45, 2.75) is 39.4 Å². The van der Waals surface area contributed by atoms with Crippen molar-refractivity contribution in [1.29, 1.82) is 0 Å². The second-order valence-electron chi connectivity index (χ2n) is 5.29. The van der Waals surface area contributed by atoms with E-state index < -0.39 is 5.60 Å². The van der Waals surface area contributed by atoms with Gasteiger partial charge in [-0.15, -0.1) is 0 Å². The van der Waals surface area contributed by atoms with Gasteiger partial charge in [-0.3, -0.25) is 0 Å². The SMILES string of the molecule is CCO[C@@H]1CNC[C@H]1CNC(=O)OC(C)(C)C. The first-order chi connectivity index (χ1) is 7.92. The van der Waals surface area contributed by atoms with Crippen molar-refractivity contribution in [2.24, 2.45) is 5.92 Å². The summed E-state index contributed by atoms with van der Waals surface area (Å²) in [6.07, 6.45) is -0.172. The van der Waals surface area contributed by atoms with Crippen molar-refractivity contribution in [1.82, 2.24) is 10.6 Å². The smallest absolute Gasteiger partial charge is 0.407 e. The number of amides is 1. The van der Waals surface area contributed by atoms with Crippen LogP contribution < -0.4 is 10.6 Å². The molecule has 0 unspecified atom stereocenters.